The molecular formula is C15H18N4O4. The number of piperidine rings is 1. The standard InChI is InChI=1S/C15H18N4O4/c1-10-7-16-18(8-10)9-11-6-12(17-23-11)14(20)19-5-3-2-4-13(19)15(21)22/h6-8,13H,2-5,9H2,1H3,(H,21,22)/t13-/m1/s1. The Kier molecular flexibility index (Phi) is 4.14. The van der Waals surface area contributed by atoms with Crippen LogP contribution in [-0.4, -0.2) is 49.4 Å². The van der Waals surface area contributed by atoms with Gasteiger partial charge in [0.15, 0.2) is 11.5 Å². The van der Waals surface area contributed by atoms with E-state index in [1.807, 2.05) is 13.1 Å². The Morgan fingerprint density at radius 1 is 1.43 bits per heavy atom. The summed E-state index contributed by atoms with van der Waals surface area (Å²) >= 11 is 0. The Balaban J connectivity index is 1.73. The summed E-state index contributed by atoms with van der Waals surface area (Å²) in [7, 11) is 0. The maximum Gasteiger partial charge on any atom is 0.326 e. The molecule has 23 heavy (non-hydrogen) atoms. The van der Waals surface area contributed by atoms with E-state index < -0.39 is 17.9 Å². The number of amides is 1. The molecule has 2 aromatic heterocycles. The van der Waals surface area contributed by atoms with Gasteiger partial charge in [-0.05, 0) is 31.7 Å². The number of carboxylic acid groups (broad SMARTS) is 1. The lowest BCUT2D eigenvalue weighted by molar-refractivity contribution is -0.143. The van der Waals surface area contributed by atoms with Crippen LogP contribution in [-0.2, 0) is 11.3 Å². The third-order valence-electron chi connectivity index (χ3n) is 3.91. The highest BCUT2D eigenvalue weighted by molar-refractivity contribution is 5.95. The molecule has 1 aliphatic heterocycles. The van der Waals surface area contributed by atoms with Crippen LogP contribution in [0.2, 0.25) is 0 Å². The van der Waals surface area contributed by atoms with Gasteiger partial charge in [0.05, 0.1) is 6.20 Å². The fourth-order valence-electron chi connectivity index (χ4n) is 2.78. The highest BCUT2D eigenvalue weighted by Crippen LogP contribution is 2.20. The normalized spacial score (nSPS) is 18.1. The molecule has 8 nitrogen and oxygen atoms in total. The first-order valence-electron chi connectivity index (χ1n) is 7.53. The van der Waals surface area contributed by atoms with E-state index in [1.54, 1.807) is 16.9 Å². The van der Waals surface area contributed by atoms with Gasteiger partial charge in [-0.25, -0.2) is 4.79 Å². The van der Waals surface area contributed by atoms with Gasteiger partial charge in [0.2, 0.25) is 0 Å². The van der Waals surface area contributed by atoms with Crippen LogP contribution in [0.25, 0.3) is 0 Å². The number of aromatic nitrogens is 3. The molecule has 0 spiro atoms. The van der Waals surface area contributed by atoms with Crippen molar-refractivity contribution in [2.24, 2.45) is 0 Å². The topological polar surface area (TPSA) is 101 Å². The third-order valence-corrected chi connectivity index (χ3v) is 3.91. The molecule has 1 atom stereocenters. The van der Waals surface area contributed by atoms with Gasteiger partial charge in [-0.15, -0.1) is 0 Å². The molecule has 3 rings (SSSR count). The number of carbonyl (C=O) groups is 2. The van der Waals surface area contributed by atoms with Crippen LogP contribution in [0, 0.1) is 6.92 Å². The predicted molar refractivity (Wildman–Crippen MR) is 78.9 cm³/mol. The van der Waals surface area contributed by atoms with E-state index in [0.29, 0.717) is 25.3 Å². The minimum atomic E-state index is -0.978. The quantitative estimate of drug-likeness (QED) is 0.912. The average molecular weight is 318 g/mol. The Morgan fingerprint density at radius 3 is 2.96 bits per heavy atom. The summed E-state index contributed by atoms with van der Waals surface area (Å²) in [4.78, 5) is 25.2. The second-order valence-corrected chi connectivity index (χ2v) is 5.74. The molecule has 0 aliphatic carbocycles. The van der Waals surface area contributed by atoms with Crippen LogP contribution in [0.15, 0.2) is 23.0 Å². The number of aryl methyl sites for hydroxylation is 1. The van der Waals surface area contributed by atoms with E-state index >= 15 is 0 Å². The molecule has 1 aliphatic rings. The minimum Gasteiger partial charge on any atom is -0.480 e. The lowest BCUT2D eigenvalue weighted by atomic mass is 10.0. The molecule has 0 saturated carbocycles. The zero-order valence-corrected chi connectivity index (χ0v) is 12.8. The van der Waals surface area contributed by atoms with Crippen LogP contribution < -0.4 is 0 Å². The summed E-state index contributed by atoms with van der Waals surface area (Å²) in [5.74, 6) is -0.877. The fourth-order valence-corrected chi connectivity index (χ4v) is 2.78. The number of carbonyl (C=O) groups excluding carboxylic acids is 1. The Morgan fingerprint density at radius 2 is 2.26 bits per heavy atom. The summed E-state index contributed by atoms with van der Waals surface area (Å²) in [6.07, 6.45) is 5.66. The van der Waals surface area contributed by atoms with Gasteiger partial charge in [0.25, 0.3) is 5.91 Å². The number of hydrogen-bond acceptors (Lipinski definition) is 5. The predicted octanol–water partition coefficient (Wildman–Crippen LogP) is 1.31. The van der Waals surface area contributed by atoms with Crippen molar-refractivity contribution in [2.45, 2.75) is 38.8 Å². The summed E-state index contributed by atoms with van der Waals surface area (Å²) < 4.78 is 6.87. The number of rotatable bonds is 4. The molecule has 0 radical (unpaired) electrons. The van der Waals surface area contributed by atoms with Crippen LogP contribution in [0.3, 0.4) is 0 Å². The number of hydrogen-bond donors (Lipinski definition) is 1. The average Bonchev–Trinajstić information content (AvgIpc) is 3.16. The second-order valence-electron chi connectivity index (χ2n) is 5.74. The molecule has 2 aromatic rings. The summed E-state index contributed by atoms with van der Waals surface area (Å²) in [5, 5.41) is 17.2. The van der Waals surface area contributed by atoms with Gasteiger partial charge in [-0.1, -0.05) is 5.16 Å². The number of aliphatic carboxylic acids is 1. The van der Waals surface area contributed by atoms with Crippen molar-refractivity contribution >= 4 is 11.9 Å². The number of likely N-dealkylation sites (tertiary alicyclic amines) is 1. The highest BCUT2D eigenvalue weighted by atomic mass is 16.5. The van der Waals surface area contributed by atoms with E-state index in [2.05, 4.69) is 10.3 Å². The molecule has 8 heteroatoms. The van der Waals surface area contributed by atoms with Crippen molar-refractivity contribution in [3.8, 4) is 0 Å². The highest BCUT2D eigenvalue weighted by Gasteiger charge is 2.33. The van der Waals surface area contributed by atoms with Gasteiger partial charge in [-0.2, -0.15) is 5.10 Å². The van der Waals surface area contributed by atoms with Crippen LogP contribution >= 0.6 is 0 Å². The number of nitrogens with zero attached hydrogens (tertiary/aromatic N) is 4. The maximum absolute atomic E-state index is 12.5. The van der Waals surface area contributed by atoms with Gasteiger partial charge < -0.3 is 14.5 Å². The van der Waals surface area contributed by atoms with E-state index in [9.17, 15) is 14.7 Å². The molecule has 122 valence electrons. The van der Waals surface area contributed by atoms with Crippen molar-refractivity contribution in [3.05, 3.63) is 35.5 Å². The first kappa shape index (κ1) is 15.3. The lowest BCUT2D eigenvalue weighted by Gasteiger charge is -2.32. The number of carboxylic acids is 1. The molecule has 1 saturated heterocycles. The fraction of sp³-hybridized carbons (Fsp3) is 0.467. The molecule has 0 unspecified atom stereocenters. The van der Waals surface area contributed by atoms with Crippen LogP contribution in [0.1, 0.15) is 41.1 Å². The molecule has 1 amide bonds. The zero-order valence-electron chi connectivity index (χ0n) is 12.8. The van der Waals surface area contributed by atoms with Crippen molar-refractivity contribution in [3.63, 3.8) is 0 Å². The van der Waals surface area contributed by atoms with E-state index in [0.717, 1.165) is 18.4 Å². The van der Waals surface area contributed by atoms with Crippen molar-refractivity contribution in [1.82, 2.24) is 19.8 Å². The van der Waals surface area contributed by atoms with Gasteiger partial charge in [0, 0.05) is 18.8 Å². The Hall–Kier alpha value is -2.64. The van der Waals surface area contributed by atoms with Crippen LogP contribution in [0.4, 0.5) is 0 Å². The zero-order chi connectivity index (χ0) is 16.4. The lowest BCUT2D eigenvalue weighted by Crippen LogP contribution is -2.48. The van der Waals surface area contributed by atoms with Crippen molar-refractivity contribution < 1.29 is 19.2 Å². The smallest absolute Gasteiger partial charge is 0.326 e. The molecule has 1 N–H and O–H groups in total. The molecular weight excluding hydrogens is 300 g/mol. The van der Waals surface area contributed by atoms with Gasteiger partial charge >= 0.3 is 5.97 Å². The Bertz CT molecular complexity index is 721. The second kappa shape index (κ2) is 6.23. The van der Waals surface area contributed by atoms with Crippen molar-refractivity contribution in [2.75, 3.05) is 6.54 Å². The van der Waals surface area contributed by atoms with Gasteiger partial charge in [-0.3, -0.25) is 9.48 Å². The summed E-state index contributed by atoms with van der Waals surface area (Å²) in [6.45, 7) is 2.73. The monoisotopic (exact) mass is 318 g/mol. The molecule has 3 heterocycles. The third kappa shape index (κ3) is 3.25. The molecule has 0 bridgehead atoms. The molecule has 1 fully saturated rings. The van der Waals surface area contributed by atoms with Crippen LogP contribution in [0.5, 0.6) is 0 Å². The minimum absolute atomic E-state index is 0.136. The van der Waals surface area contributed by atoms with E-state index in [-0.39, 0.29) is 5.69 Å². The summed E-state index contributed by atoms with van der Waals surface area (Å²) in [5.41, 5.74) is 1.16. The maximum atomic E-state index is 12.5. The van der Waals surface area contributed by atoms with E-state index in [4.69, 9.17) is 4.52 Å². The first-order valence-corrected chi connectivity index (χ1v) is 7.53. The first-order chi connectivity index (χ1) is 11.0. The van der Waals surface area contributed by atoms with Crippen molar-refractivity contribution in [1.29, 1.82) is 0 Å². The largest absolute Gasteiger partial charge is 0.480 e. The Labute approximate surface area is 132 Å². The van der Waals surface area contributed by atoms with E-state index in [1.165, 1.54) is 4.90 Å². The van der Waals surface area contributed by atoms with Gasteiger partial charge in [0.1, 0.15) is 12.6 Å². The summed E-state index contributed by atoms with van der Waals surface area (Å²) in [6, 6.07) is 0.762. The SMILES string of the molecule is Cc1cnn(Cc2cc(C(=O)N3CCCC[C@@H]3C(=O)O)no2)c1. The molecule has 0 aromatic carbocycles.